The molecule has 2 rings (SSSR count). The first kappa shape index (κ1) is 15.2. The maximum absolute atomic E-state index is 12.6. The Hall–Kier alpha value is -1.18. The number of carbonyl (C=O) groups is 1. The molecular formula is C12H15ClN2O4S. The van der Waals surface area contributed by atoms with Gasteiger partial charge in [0.2, 0.25) is 10.0 Å². The third kappa shape index (κ3) is 2.79. The molecule has 1 unspecified atom stereocenters. The molecule has 0 amide bonds. The fraction of sp³-hybridized carbons (Fsp3) is 0.500. The number of halogens is 1. The van der Waals surface area contributed by atoms with Crippen molar-refractivity contribution in [1.82, 2.24) is 9.29 Å². The summed E-state index contributed by atoms with van der Waals surface area (Å²) in [7, 11) is -3.84. The molecule has 1 aliphatic heterocycles. The summed E-state index contributed by atoms with van der Waals surface area (Å²) in [5.74, 6) is -0.520. The summed E-state index contributed by atoms with van der Waals surface area (Å²) < 4.78 is 31.2. The average molecular weight is 319 g/mol. The minimum absolute atomic E-state index is 0.0853. The fourth-order valence-electron chi connectivity index (χ4n) is 2.19. The zero-order valence-electron chi connectivity index (χ0n) is 11.0. The Kier molecular flexibility index (Phi) is 4.62. The molecule has 1 aliphatic rings. The van der Waals surface area contributed by atoms with Crippen LogP contribution in [0.5, 0.6) is 0 Å². The van der Waals surface area contributed by atoms with Crippen molar-refractivity contribution in [2.75, 3.05) is 13.2 Å². The Bertz CT molecular complexity index is 605. The number of hydrogen-bond acceptors (Lipinski definition) is 5. The van der Waals surface area contributed by atoms with Gasteiger partial charge in [0.15, 0.2) is 0 Å². The van der Waals surface area contributed by atoms with Crippen LogP contribution in [0, 0.1) is 0 Å². The molecule has 0 radical (unpaired) electrons. The van der Waals surface area contributed by atoms with E-state index in [1.807, 2.05) is 0 Å². The summed E-state index contributed by atoms with van der Waals surface area (Å²) in [6.07, 6.45) is 2.48. The van der Waals surface area contributed by atoms with Gasteiger partial charge in [0, 0.05) is 12.7 Å². The number of esters is 1. The highest BCUT2D eigenvalue weighted by Gasteiger charge is 2.41. The van der Waals surface area contributed by atoms with E-state index in [9.17, 15) is 13.2 Å². The summed E-state index contributed by atoms with van der Waals surface area (Å²) in [6.45, 7) is 2.18. The maximum Gasteiger partial charge on any atom is 0.324 e. The van der Waals surface area contributed by atoms with Crippen LogP contribution in [-0.2, 0) is 19.6 Å². The molecule has 6 nitrogen and oxygen atoms in total. The van der Waals surface area contributed by atoms with Gasteiger partial charge in [-0.3, -0.25) is 4.79 Å². The predicted molar refractivity (Wildman–Crippen MR) is 72.8 cm³/mol. The molecule has 1 aromatic heterocycles. The highest BCUT2D eigenvalue weighted by molar-refractivity contribution is 7.89. The Morgan fingerprint density at radius 2 is 2.35 bits per heavy atom. The van der Waals surface area contributed by atoms with Gasteiger partial charge in [-0.15, -0.1) is 0 Å². The number of pyridine rings is 1. The van der Waals surface area contributed by atoms with Gasteiger partial charge in [-0.1, -0.05) is 11.6 Å². The van der Waals surface area contributed by atoms with Gasteiger partial charge < -0.3 is 4.74 Å². The summed E-state index contributed by atoms with van der Waals surface area (Å²) in [6, 6.07) is 2.09. The second kappa shape index (κ2) is 6.07. The molecule has 1 atom stereocenters. The molecular weight excluding hydrogens is 304 g/mol. The number of nitrogens with zero attached hydrogens (tertiary/aromatic N) is 2. The Labute approximate surface area is 122 Å². The second-order valence-corrected chi connectivity index (χ2v) is 6.54. The number of rotatable bonds is 4. The molecule has 0 N–H and O–H groups in total. The van der Waals surface area contributed by atoms with Crippen LogP contribution in [0.3, 0.4) is 0 Å². The Morgan fingerprint density at radius 1 is 1.60 bits per heavy atom. The molecule has 0 aliphatic carbocycles. The summed E-state index contributed by atoms with van der Waals surface area (Å²) in [5.41, 5.74) is 0. The van der Waals surface area contributed by atoms with Gasteiger partial charge in [-0.05, 0) is 31.9 Å². The minimum Gasteiger partial charge on any atom is -0.465 e. The molecule has 0 aromatic carbocycles. The number of aromatic nitrogens is 1. The lowest BCUT2D eigenvalue weighted by Crippen LogP contribution is -2.41. The fourth-order valence-corrected chi connectivity index (χ4v) is 4.27. The van der Waals surface area contributed by atoms with Gasteiger partial charge in [-0.25, -0.2) is 13.4 Å². The molecule has 1 aromatic rings. The van der Waals surface area contributed by atoms with E-state index < -0.39 is 22.0 Å². The molecule has 0 saturated carbocycles. The standard InChI is InChI=1S/C12H15ClN2O4S/c1-2-19-12(16)9-5-4-8-15(9)20(17,18)10-6-3-7-14-11(10)13/h3,6-7,9H,2,4-5,8H2,1H3. The van der Waals surface area contributed by atoms with Crippen molar-refractivity contribution < 1.29 is 17.9 Å². The molecule has 110 valence electrons. The minimum atomic E-state index is -3.84. The maximum atomic E-state index is 12.6. The molecule has 8 heteroatoms. The molecule has 0 spiro atoms. The first-order chi connectivity index (χ1) is 9.48. The molecule has 2 heterocycles. The van der Waals surface area contributed by atoms with Gasteiger partial charge in [0.25, 0.3) is 0 Å². The van der Waals surface area contributed by atoms with Crippen molar-refractivity contribution in [1.29, 1.82) is 0 Å². The summed E-state index contributed by atoms with van der Waals surface area (Å²) in [4.78, 5) is 15.5. The van der Waals surface area contributed by atoms with E-state index >= 15 is 0 Å². The zero-order chi connectivity index (χ0) is 14.8. The first-order valence-electron chi connectivity index (χ1n) is 6.27. The van der Waals surface area contributed by atoms with Crippen LogP contribution in [0.25, 0.3) is 0 Å². The SMILES string of the molecule is CCOC(=O)C1CCCN1S(=O)(=O)c1cccnc1Cl. The smallest absolute Gasteiger partial charge is 0.324 e. The average Bonchev–Trinajstić information content (AvgIpc) is 2.89. The van der Waals surface area contributed by atoms with E-state index in [0.717, 1.165) is 4.31 Å². The lowest BCUT2D eigenvalue weighted by molar-refractivity contribution is -0.146. The number of hydrogen-bond donors (Lipinski definition) is 0. The van der Waals surface area contributed by atoms with Crippen LogP contribution in [0.1, 0.15) is 19.8 Å². The van der Waals surface area contributed by atoms with Crippen molar-refractivity contribution in [3.8, 4) is 0 Å². The predicted octanol–water partition coefficient (Wildman–Crippen LogP) is 1.45. The van der Waals surface area contributed by atoms with Gasteiger partial charge in [0.1, 0.15) is 16.1 Å². The lowest BCUT2D eigenvalue weighted by Gasteiger charge is -2.22. The van der Waals surface area contributed by atoms with Crippen LogP contribution in [0.4, 0.5) is 0 Å². The second-order valence-electron chi connectivity index (χ2n) is 4.32. The highest BCUT2D eigenvalue weighted by atomic mass is 35.5. The third-order valence-electron chi connectivity index (χ3n) is 3.07. The molecule has 0 bridgehead atoms. The lowest BCUT2D eigenvalue weighted by atomic mass is 10.2. The topological polar surface area (TPSA) is 76.6 Å². The van der Waals surface area contributed by atoms with E-state index in [0.29, 0.717) is 12.8 Å². The van der Waals surface area contributed by atoms with E-state index in [4.69, 9.17) is 16.3 Å². The molecule has 1 saturated heterocycles. The van der Waals surface area contributed by atoms with Crippen LogP contribution in [-0.4, -0.2) is 42.9 Å². The molecule has 1 fully saturated rings. The zero-order valence-corrected chi connectivity index (χ0v) is 12.5. The summed E-state index contributed by atoms with van der Waals surface area (Å²) in [5, 5.41) is -0.0954. The Balaban J connectivity index is 2.34. The van der Waals surface area contributed by atoms with E-state index in [1.54, 1.807) is 6.92 Å². The van der Waals surface area contributed by atoms with E-state index in [-0.39, 0.29) is 23.2 Å². The van der Waals surface area contributed by atoms with Crippen LogP contribution in [0.2, 0.25) is 5.15 Å². The normalized spacial score (nSPS) is 20.0. The van der Waals surface area contributed by atoms with E-state index in [1.165, 1.54) is 18.3 Å². The highest BCUT2D eigenvalue weighted by Crippen LogP contribution is 2.29. The number of ether oxygens (including phenoxy) is 1. The monoisotopic (exact) mass is 318 g/mol. The molecule has 20 heavy (non-hydrogen) atoms. The number of sulfonamides is 1. The largest absolute Gasteiger partial charge is 0.465 e. The van der Waals surface area contributed by atoms with Crippen LogP contribution < -0.4 is 0 Å². The van der Waals surface area contributed by atoms with Crippen molar-refractivity contribution in [2.24, 2.45) is 0 Å². The van der Waals surface area contributed by atoms with Crippen molar-refractivity contribution >= 4 is 27.6 Å². The van der Waals surface area contributed by atoms with Gasteiger partial charge in [0.05, 0.1) is 6.61 Å². The van der Waals surface area contributed by atoms with Crippen molar-refractivity contribution in [3.63, 3.8) is 0 Å². The third-order valence-corrected chi connectivity index (χ3v) is 5.43. The van der Waals surface area contributed by atoms with E-state index in [2.05, 4.69) is 4.98 Å². The van der Waals surface area contributed by atoms with Gasteiger partial charge in [-0.2, -0.15) is 4.31 Å². The summed E-state index contributed by atoms with van der Waals surface area (Å²) >= 11 is 5.84. The van der Waals surface area contributed by atoms with Crippen LogP contribution >= 0.6 is 11.6 Å². The van der Waals surface area contributed by atoms with Gasteiger partial charge >= 0.3 is 5.97 Å². The Morgan fingerprint density at radius 3 is 3.00 bits per heavy atom. The van der Waals surface area contributed by atoms with Crippen molar-refractivity contribution in [2.45, 2.75) is 30.7 Å². The van der Waals surface area contributed by atoms with Crippen molar-refractivity contribution in [3.05, 3.63) is 23.5 Å². The number of carbonyl (C=O) groups excluding carboxylic acids is 1. The first-order valence-corrected chi connectivity index (χ1v) is 8.09. The van der Waals surface area contributed by atoms with Crippen LogP contribution in [0.15, 0.2) is 23.2 Å². The quantitative estimate of drug-likeness (QED) is 0.620.